The average Bonchev–Trinajstić information content (AvgIpc) is 3.03. The highest BCUT2D eigenvalue weighted by atomic mass is 16.3. The van der Waals surface area contributed by atoms with Crippen LogP contribution in [0.4, 0.5) is 0 Å². The number of aliphatic hydroxyl groups excluding tert-OH is 3. The molecule has 0 amide bonds. The molecule has 6 rings (SSSR count). The Morgan fingerprint density at radius 2 is 1.88 bits per heavy atom. The number of hydrogen-bond donors (Lipinski definition) is 4. The van der Waals surface area contributed by atoms with Crippen molar-refractivity contribution in [1.82, 2.24) is 4.90 Å². The molecule has 5 nitrogen and oxygen atoms in total. The molecule has 0 aromatic carbocycles. The zero-order chi connectivity index (χ0) is 18.2. The second-order valence-corrected chi connectivity index (χ2v) is 10.9. The van der Waals surface area contributed by atoms with Gasteiger partial charge in [-0.25, -0.2) is 0 Å². The summed E-state index contributed by atoms with van der Waals surface area (Å²) in [6.07, 6.45) is 2.44. The molecule has 0 aromatic heterocycles. The first-order valence-corrected chi connectivity index (χ1v) is 10.8. The van der Waals surface area contributed by atoms with Crippen LogP contribution in [0.3, 0.4) is 0 Å². The molecule has 1 spiro atoms. The standard InChI is InChI=1S/C21H33NO4/c1-3-22-9-19(2)5-4-15(24)21-11-6-10-13(23)8-20(26,16(11)17(10)25)12(18(21)22)7-14(19)21/h10-18,23-26H,3-9H2,1-2H3. The van der Waals surface area contributed by atoms with Crippen LogP contribution in [0.25, 0.3) is 0 Å². The number of likely N-dealkylation sites (tertiary alicyclic amines) is 1. The molecule has 7 bridgehead atoms. The number of piperidine rings is 1. The maximum absolute atomic E-state index is 11.9. The second kappa shape index (κ2) is 4.68. The Morgan fingerprint density at radius 1 is 1.12 bits per heavy atom. The number of rotatable bonds is 1. The summed E-state index contributed by atoms with van der Waals surface area (Å²) in [5.74, 6) is 0.319. The van der Waals surface area contributed by atoms with Crippen molar-refractivity contribution in [1.29, 1.82) is 0 Å². The molecule has 12 atom stereocenters. The van der Waals surface area contributed by atoms with Gasteiger partial charge in [-0.1, -0.05) is 13.8 Å². The summed E-state index contributed by atoms with van der Waals surface area (Å²) in [5, 5.41) is 45.1. The largest absolute Gasteiger partial charge is 0.393 e. The van der Waals surface area contributed by atoms with Crippen molar-refractivity contribution in [3.63, 3.8) is 0 Å². The molecule has 146 valence electrons. The fourth-order valence-corrected chi connectivity index (χ4v) is 9.83. The van der Waals surface area contributed by atoms with Crippen LogP contribution in [0.15, 0.2) is 0 Å². The zero-order valence-electron chi connectivity index (χ0n) is 15.9. The number of nitrogens with zero attached hydrogens (tertiary/aromatic N) is 1. The van der Waals surface area contributed by atoms with Crippen molar-refractivity contribution in [2.45, 2.75) is 75.9 Å². The van der Waals surface area contributed by atoms with Crippen molar-refractivity contribution in [2.75, 3.05) is 13.1 Å². The van der Waals surface area contributed by atoms with Crippen molar-refractivity contribution >= 4 is 0 Å². The van der Waals surface area contributed by atoms with Gasteiger partial charge in [-0.3, -0.25) is 4.90 Å². The summed E-state index contributed by atoms with van der Waals surface area (Å²) in [6, 6.07) is 0.198. The Labute approximate surface area is 155 Å². The van der Waals surface area contributed by atoms with E-state index in [0.29, 0.717) is 12.3 Å². The van der Waals surface area contributed by atoms with Crippen LogP contribution >= 0.6 is 0 Å². The lowest BCUT2D eigenvalue weighted by molar-refractivity contribution is -0.265. The summed E-state index contributed by atoms with van der Waals surface area (Å²) in [6.45, 7) is 6.61. The van der Waals surface area contributed by atoms with E-state index in [1.54, 1.807) is 0 Å². The second-order valence-electron chi connectivity index (χ2n) is 10.9. The molecule has 5 heteroatoms. The molecule has 0 aromatic rings. The first-order valence-electron chi connectivity index (χ1n) is 10.8. The third kappa shape index (κ3) is 1.47. The van der Waals surface area contributed by atoms with Crippen molar-refractivity contribution in [2.24, 2.45) is 40.4 Å². The molecule has 12 unspecified atom stereocenters. The van der Waals surface area contributed by atoms with E-state index in [0.717, 1.165) is 38.8 Å². The Hall–Kier alpha value is -0.200. The SMILES string of the molecule is CCN1CC2(C)CCC(O)C34C5CC6C(O)CC(O)(C(CC23)C14)C5C6O. The lowest BCUT2D eigenvalue weighted by atomic mass is 9.43. The minimum atomic E-state index is -0.984. The normalized spacial score (nSPS) is 68.3. The molecule has 6 fully saturated rings. The van der Waals surface area contributed by atoms with Gasteiger partial charge in [0.05, 0.1) is 23.9 Å². The van der Waals surface area contributed by atoms with Crippen molar-refractivity contribution in [3.05, 3.63) is 0 Å². The van der Waals surface area contributed by atoms with Crippen LogP contribution in [0.1, 0.15) is 46.0 Å². The van der Waals surface area contributed by atoms with E-state index in [2.05, 4.69) is 18.7 Å². The third-order valence-corrected chi connectivity index (χ3v) is 10.4. The number of fused-ring (bicyclic) bond motifs is 2. The first-order chi connectivity index (χ1) is 12.3. The summed E-state index contributed by atoms with van der Waals surface area (Å²) < 4.78 is 0. The Balaban J connectivity index is 1.61. The van der Waals surface area contributed by atoms with Crippen LogP contribution < -0.4 is 0 Å². The summed E-state index contributed by atoms with van der Waals surface area (Å²) in [5.41, 5.74) is -0.998. The molecule has 1 saturated heterocycles. The van der Waals surface area contributed by atoms with E-state index in [1.165, 1.54) is 0 Å². The van der Waals surface area contributed by atoms with Gasteiger partial charge in [0.15, 0.2) is 0 Å². The van der Waals surface area contributed by atoms with Gasteiger partial charge in [0.1, 0.15) is 0 Å². The Kier molecular flexibility index (Phi) is 3.01. The van der Waals surface area contributed by atoms with E-state index < -0.39 is 17.8 Å². The lowest BCUT2D eigenvalue weighted by Gasteiger charge is -2.68. The highest BCUT2D eigenvalue weighted by Crippen LogP contribution is 2.78. The van der Waals surface area contributed by atoms with E-state index in [9.17, 15) is 20.4 Å². The fraction of sp³-hybridized carbons (Fsp3) is 1.00. The molecule has 5 aliphatic carbocycles. The van der Waals surface area contributed by atoms with Gasteiger partial charge in [0.25, 0.3) is 0 Å². The van der Waals surface area contributed by atoms with E-state index in [1.807, 2.05) is 0 Å². The highest BCUT2D eigenvalue weighted by molar-refractivity contribution is 5.32. The van der Waals surface area contributed by atoms with Gasteiger partial charge in [0, 0.05) is 42.2 Å². The molecule has 5 saturated carbocycles. The molecule has 0 radical (unpaired) electrons. The van der Waals surface area contributed by atoms with Gasteiger partial charge in [-0.05, 0) is 49.5 Å². The van der Waals surface area contributed by atoms with Crippen LogP contribution in [-0.4, -0.2) is 68.4 Å². The Bertz CT molecular complexity index is 658. The smallest absolute Gasteiger partial charge is 0.0771 e. The zero-order valence-corrected chi connectivity index (χ0v) is 15.9. The number of hydrogen-bond acceptors (Lipinski definition) is 5. The molecule has 1 heterocycles. The lowest BCUT2D eigenvalue weighted by Crippen LogP contribution is -2.75. The third-order valence-electron chi connectivity index (χ3n) is 10.4. The van der Waals surface area contributed by atoms with Gasteiger partial charge in [-0.15, -0.1) is 0 Å². The minimum absolute atomic E-state index is 0.0617. The van der Waals surface area contributed by atoms with E-state index in [4.69, 9.17) is 0 Å². The Morgan fingerprint density at radius 3 is 2.62 bits per heavy atom. The summed E-state index contributed by atoms with van der Waals surface area (Å²) in [4.78, 5) is 2.55. The predicted octanol–water partition coefficient (Wildman–Crippen LogP) is 0.596. The molecular formula is C21H33NO4. The maximum Gasteiger partial charge on any atom is 0.0771 e. The van der Waals surface area contributed by atoms with Crippen LogP contribution in [0, 0.1) is 40.4 Å². The van der Waals surface area contributed by atoms with Gasteiger partial charge < -0.3 is 20.4 Å². The van der Waals surface area contributed by atoms with Crippen LogP contribution in [-0.2, 0) is 0 Å². The fourth-order valence-electron chi connectivity index (χ4n) is 9.83. The van der Waals surface area contributed by atoms with E-state index in [-0.39, 0.29) is 46.6 Å². The summed E-state index contributed by atoms with van der Waals surface area (Å²) in [7, 11) is 0. The molecular weight excluding hydrogens is 330 g/mol. The average molecular weight is 363 g/mol. The molecule has 26 heavy (non-hydrogen) atoms. The first kappa shape index (κ1) is 16.7. The molecule has 1 aliphatic heterocycles. The van der Waals surface area contributed by atoms with Crippen molar-refractivity contribution < 1.29 is 20.4 Å². The summed E-state index contributed by atoms with van der Waals surface area (Å²) >= 11 is 0. The highest BCUT2D eigenvalue weighted by Gasteiger charge is 2.82. The topological polar surface area (TPSA) is 84.2 Å². The van der Waals surface area contributed by atoms with Crippen LogP contribution in [0.5, 0.6) is 0 Å². The van der Waals surface area contributed by atoms with Gasteiger partial charge >= 0.3 is 0 Å². The minimum Gasteiger partial charge on any atom is -0.393 e. The molecule has 4 N–H and O–H groups in total. The maximum atomic E-state index is 11.9. The van der Waals surface area contributed by atoms with Crippen molar-refractivity contribution in [3.8, 4) is 0 Å². The van der Waals surface area contributed by atoms with Gasteiger partial charge in [-0.2, -0.15) is 0 Å². The van der Waals surface area contributed by atoms with Crippen LogP contribution in [0.2, 0.25) is 0 Å². The monoisotopic (exact) mass is 363 g/mol. The molecule has 6 aliphatic rings. The van der Waals surface area contributed by atoms with E-state index >= 15 is 0 Å². The number of aliphatic hydroxyl groups is 4. The van der Waals surface area contributed by atoms with Gasteiger partial charge in [0.2, 0.25) is 0 Å². The quantitative estimate of drug-likeness (QED) is 0.548. The predicted molar refractivity (Wildman–Crippen MR) is 95.1 cm³/mol.